The average Bonchev–Trinajstić information content (AvgIpc) is 3.40. The van der Waals surface area contributed by atoms with Crippen molar-refractivity contribution >= 4 is 11.8 Å². The van der Waals surface area contributed by atoms with Gasteiger partial charge in [-0.05, 0) is 63.5 Å². The van der Waals surface area contributed by atoms with Crippen LogP contribution in [0.3, 0.4) is 0 Å². The lowest BCUT2D eigenvalue weighted by Gasteiger charge is -2.40. The highest BCUT2D eigenvalue weighted by atomic mass is 16.5. The van der Waals surface area contributed by atoms with Crippen molar-refractivity contribution in [3.05, 3.63) is 29.8 Å². The number of amides is 2. The molecule has 1 heterocycles. The molecule has 3 aliphatic rings. The van der Waals surface area contributed by atoms with Crippen molar-refractivity contribution in [3.63, 3.8) is 0 Å². The molecule has 2 amide bonds. The summed E-state index contributed by atoms with van der Waals surface area (Å²) < 4.78 is 6.66. The Labute approximate surface area is 212 Å². The Morgan fingerprint density at radius 2 is 1.57 bits per heavy atom. The lowest BCUT2D eigenvalue weighted by Crippen LogP contribution is -2.51. The molecule has 2 aliphatic carbocycles. The Morgan fingerprint density at radius 3 is 2.37 bits per heavy atom. The van der Waals surface area contributed by atoms with Gasteiger partial charge in [0, 0.05) is 26.1 Å². The summed E-state index contributed by atoms with van der Waals surface area (Å²) in [4.78, 5) is 31.2. The third-order valence-electron chi connectivity index (χ3n) is 8.52. The van der Waals surface area contributed by atoms with E-state index in [0.717, 1.165) is 83.2 Å². The smallest absolute Gasteiger partial charge is 0.257 e. The van der Waals surface area contributed by atoms with Gasteiger partial charge >= 0.3 is 0 Å². The Balaban J connectivity index is 1.56. The van der Waals surface area contributed by atoms with Crippen molar-refractivity contribution in [3.8, 4) is 5.75 Å². The zero-order valence-electron chi connectivity index (χ0n) is 21.9. The molecule has 1 aromatic carbocycles. The van der Waals surface area contributed by atoms with Crippen LogP contribution in [0.15, 0.2) is 24.3 Å². The van der Waals surface area contributed by atoms with Gasteiger partial charge in [0.05, 0.1) is 11.6 Å². The molecule has 2 saturated carbocycles. The third kappa shape index (κ3) is 7.01. The second-order valence-electron chi connectivity index (χ2n) is 10.9. The summed E-state index contributed by atoms with van der Waals surface area (Å²) in [7, 11) is 0. The number of hydrogen-bond acceptors (Lipinski definition) is 3. The van der Waals surface area contributed by atoms with Crippen LogP contribution < -0.4 is 4.74 Å². The molecule has 0 spiro atoms. The molecule has 194 valence electrons. The second-order valence-corrected chi connectivity index (χ2v) is 10.9. The van der Waals surface area contributed by atoms with Gasteiger partial charge in [0.25, 0.3) is 5.91 Å². The van der Waals surface area contributed by atoms with E-state index < -0.39 is 0 Å². The molecule has 2 atom stereocenters. The molecular formula is C30H46N2O3. The molecule has 0 N–H and O–H groups in total. The Hall–Kier alpha value is -2.04. The number of nitrogens with zero attached hydrogens (tertiary/aromatic N) is 2. The van der Waals surface area contributed by atoms with Gasteiger partial charge in [0.15, 0.2) is 0 Å². The molecule has 1 aliphatic heterocycles. The highest BCUT2D eigenvalue weighted by Gasteiger charge is 2.35. The molecule has 5 nitrogen and oxygen atoms in total. The van der Waals surface area contributed by atoms with E-state index in [2.05, 4.69) is 11.8 Å². The lowest BCUT2D eigenvalue weighted by atomic mass is 9.90. The van der Waals surface area contributed by atoms with E-state index in [9.17, 15) is 9.59 Å². The summed E-state index contributed by atoms with van der Waals surface area (Å²) in [6.07, 6.45) is 16.6. The standard InChI is InChI=1S/C30H46N2O3/c1-2-31-22-12-4-3-5-13-23-32(29(33)21-20-24-14-6-7-15-24)26-17-9-11-19-28(26)35-27-18-10-8-16-25(27)30(31)34/h8,10,16,18,24,26,28H,2-7,9,11-15,17,19-23H2,1H3/t26-,28+/m1/s1. The Kier molecular flexibility index (Phi) is 9.91. The van der Waals surface area contributed by atoms with Crippen LogP contribution in [0.1, 0.15) is 114 Å². The first-order valence-corrected chi connectivity index (χ1v) is 14.5. The normalized spacial score (nSPS) is 25.2. The molecule has 0 bridgehead atoms. The minimum Gasteiger partial charge on any atom is -0.487 e. The van der Waals surface area contributed by atoms with E-state index in [4.69, 9.17) is 4.74 Å². The number of fused-ring (bicyclic) bond motifs is 2. The van der Waals surface area contributed by atoms with Crippen LogP contribution in [0, 0.1) is 5.92 Å². The van der Waals surface area contributed by atoms with Crippen LogP contribution >= 0.6 is 0 Å². The van der Waals surface area contributed by atoms with Gasteiger partial charge in [-0.15, -0.1) is 0 Å². The van der Waals surface area contributed by atoms with Crippen molar-refractivity contribution in [2.45, 2.75) is 115 Å². The summed E-state index contributed by atoms with van der Waals surface area (Å²) in [5.74, 6) is 1.80. The molecule has 0 unspecified atom stereocenters. The molecule has 0 saturated heterocycles. The van der Waals surface area contributed by atoms with Crippen LogP contribution in [0.2, 0.25) is 0 Å². The lowest BCUT2D eigenvalue weighted by molar-refractivity contribution is -0.137. The fraction of sp³-hybridized carbons (Fsp3) is 0.733. The Morgan fingerprint density at radius 1 is 0.886 bits per heavy atom. The first-order chi connectivity index (χ1) is 17.2. The summed E-state index contributed by atoms with van der Waals surface area (Å²) in [6.45, 7) is 4.40. The largest absolute Gasteiger partial charge is 0.487 e. The highest BCUT2D eigenvalue weighted by molar-refractivity contribution is 5.97. The zero-order valence-corrected chi connectivity index (χ0v) is 21.9. The van der Waals surface area contributed by atoms with Crippen LogP contribution in [-0.2, 0) is 4.79 Å². The van der Waals surface area contributed by atoms with Gasteiger partial charge in [0.2, 0.25) is 5.91 Å². The van der Waals surface area contributed by atoms with Crippen LogP contribution in [0.4, 0.5) is 0 Å². The molecule has 5 heteroatoms. The maximum atomic E-state index is 13.6. The molecule has 35 heavy (non-hydrogen) atoms. The maximum Gasteiger partial charge on any atom is 0.257 e. The minimum absolute atomic E-state index is 0.0478. The van der Waals surface area contributed by atoms with Crippen molar-refractivity contribution in [2.75, 3.05) is 19.6 Å². The quantitative estimate of drug-likeness (QED) is 0.486. The predicted octanol–water partition coefficient (Wildman–Crippen LogP) is 6.60. The first-order valence-electron chi connectivity index (χ1n) is 14.5. The molecule has 0 aromatic heterocycles. The predicted molar refractivity (Wildman–Crippen MR) is 141 cm³/mol. The molecule has 2 fully saturated rings. The number of carbonyl (C=O) groups is 2. The number of rotatable bonds is 4. The van der Waals surface area contributed by atoms with Gasteiger partial charge in [-0.1, -0.05) is 63.5 Å². The summed E-state index contributed by atoms with van der Waals surface area (Å²) >= 11 is 0. The van der Waals surface area contributed by atoms with E-state index in [0.29, 0.717) is 30.2 Å². The summed E-state index contributed by atoms with van der Waals surface area (Å²) in [5, 5.41) is 0. The van der Waals surface area contributed by atoms with Crippen molar-refractivity contribution in [1.82, 2.24) is 9.80 Å². The maximum absolute atomic E-state index is 13.6. The third-order valence-corrected chi connectivity index (χ3v) is 8.52. The summed E-state index contributed by atoms with van der Waals surface area (Å²) in [6, 6.07) is 7.84. The SMILES string of the molecule is CCN1CCCCCCCN(C(=O)CCC2CCCC2)[C@@H]2CCCC[C@@H]2Oc2ccccc2C1=O. The fourth-order valence-electron chi connectivity index (χ4n) is 6.41. The van der Waals surface area contributed by atoms with Crippen molar-refractivity contribution in [1.29, 1.82) is 0 Å². The van der Waals surface area contributed by atoms with Gasteiger partial charge < -0.3 is 14.5 Å². The van der Waals surface area contributed by atoms with Crippen LogP contribution in [-0.4, -0.2) is 53.4 Å². The van der Waals surface area contributed by atoms with Crippen LogP contribution in [0.25, 0.3) is 0 Å². The number of benzene rings is 1. The molecule has 4 rings (SSSR count). The zero-order chi connectivity index (χ0) is 24.5. The minimum atomic E-state index is -0.0478. The van der Waals surface area contributed by atoms with Gasteiger partial charge in [-0.2, -0.15) is 0 Å². The van der Waals surface area contributed by atoms with Crippen molar-refractivity contribution < 1.29 is 14.3 Å². The van der Waals surface area contributed by atoms with E-state index in [1.54, 1.807) is 0 Å². The van der Waals surface area contributed by atoms with Crippen LogP contribution in [0.5, 0.6) is 5.75 Å². The van der Waals surface area contributed by atoms with Crippen molar-refractivity contribution in [2.24, 2.45) is 5.92 Å². The van der Waals surface area contributed by atoms with E-state index in [1.165, 1.54) is 25.7 Å². The average molecular weight is 483 g/mol. The molecule has 0 radical (unpaired) electrons. The summed E-state index contributed by atoms with van der Waals surface area (Å²) in [5.41, 5.74) is 0.660. The molecular weight excluding hydrogens is 436 g/mol. The highest BCUT2D eigenvalue weighted by Crippen LogP contribution is 2.32. The number of ether oxygens (including phenoxy) is 1. The van der Waals surface area contributed by atoms with Gasteiger partial charge in [-0.25, -0.2) is 0 Å². The molecule has 1 aromatic rings. The monoisotopic (exact) mass is 482 g/mol. The Bertz CT molecular complexity index is 820. The number of hydrogen-bond donors (Lipinski definition) is 0. The number of para-hydroxylation sites is 1. The second kappa shape index (κ2) is 13.3. The topological polar surface area (TPSA) is 49.9 Å². The van der Waals surface area contributed by atoms with E-state index >= 15 is 0 Å². The first kappa shape index (κ1) is 26.0. The van der Waals surface area contributed by atoms with E-state index in [1.807, 2.05) is 29.2 Å². The van der Waals surface area contributed by atoms with E-state index in [-0.39, 0.29) is 18.1 Å². The van der Waals surface area contributed by atoms with Gasteiger partial charge in [0.1, 0.15) is 11.9 Å². The van der Waals surface area contributed by atoms with Gasteiger partial charge in [-0.3, -0.25) is 9.59 Å². The number of carbonyl (C=O) groups excluding carboxylic acids is 2. The fourth-order valence-corrected chi connectivity index (χ4v) is 6.41.